The summed E-state index contributed by atoms with van der Waals surface area (Å²) in [7, 11) is 0. The van der Waals surface area contributed by atoms with E-state index in [0.29, 0.717) is 6.54 Å². The molecule has 1 heterocycles. The molecule has 0 saturated carbocycles. The third-order valence-electron chi connectivity index (χ3n) is 1.90. The number of hydrogen-bond acceptors (Lipinski definition) is 2. The van der Waals surface area contributed by atoms with Crippen molar-refractivity contribution in [1.29, 1.82) is 5.26 Å². The van der Waals surface area contributed by atoms with E-state index in [4.69, 9.17) is 5.26 Å². The Hall–Kier alpha value is -0.860. The lowest BCUT2D eigenvalue weighted by Gasteiger charge is -1.99. The molecule has 0 unspecified atom stereocenters. The van der Waals surface area contributed by atoms with Crippen molar-refractivity contribution in [3.8, 4) is 6.07 Å². The number of imidazole rings is 1. The van der Waals surface area contributed by atoms with Gasteiger partial charge in [-0.1, -0.05) is 0 Å². The molecule has 0 aliphatic carbocycles. The van der Waals surface area contributed by atoms with Crippen molar-refractivity contribution in [3.63, 3.8) is 0 Å². The Kier molecular flexibility index (Phi) is 2.57. The highest BCUT2D eigenvalue weighted by Gasteiger charge is 2.05. The SMILES string of the molecule is N#CCn1cnc2cc(Br)c(Br)cc21. The van der Waals surface area contributed by atoms with Crippen LogP contribution < -0.4 is 0 Å². The summed E-state index contributed by atoms with van der Waals surface area (Å²) >= 11 is 6.82. The Morgan fingerprint density at radius 1 is 1.36 bits per heavy atom. The minimum atomic E-state index is 0.324. The third-order valence-corrected chi connectivity index (χ3v) is 3.75. The molecule has 1 aromatic carbocycles. The van der Waals surface area contributed by atoms with E-state index in [1.807, 2.05) is 16.7 Å². The van der Waals surface area contributed by atoms with Crippen LogP contribution in [0.5, 0.6) is 0 Å². The second kappa shape index (κ2) is 3.71. The van der Waals surface area contributed by atoms with Gasteiger partial charge in [0.2, 0.25) is 0 Å². The summed E-state index contributed by atoms with van der Waals surface area (Å²) in [6.07, 6.45) is 1.67. The second-order valence-corrected chi connectivity index (χ2v) is 4.49. The fourth-order valence-corrected chi connectivity index (χ4v) is 1.92. The Morgan fingerprint density at radius 3 is 2.79 bits per heavy atom. The van der Waals surface area contributed by atoms with Crippen molar-refractivity contribution in [2.45, 2.75) is 6.54 Å². The molecule has 0 fully saturated rings. The van der Waals surface area contributed by atoms with E-state index >= 15 is 0 Å². The largest absolute Gasteiger partial charge is 0.317 e. The highest BCUT2D eigenvalue weighted by molar-refractivity contribution is 9.13. The van der Waals surface area contributed by atoms with Gasteiger partial charge in [-0.05, 0) is 44.0 Å². The first kappa shape index (κ1) is 9.69. The van der Waals surface area contributed by atoms with Crippen LogP contribution >= 0.6 is 31.9 Å². The van der Waals surface area contributed by atoms with Crippen LogP contribution in [-0.4, -0.2) is 9.55 Å². The molecular weight excluding hydrogens is 310 g/mol. The Balaban J connectivity index is 2.69. The number of rotatable bonds is 1. The lowest BCUT2D eigenvalue weighted by molar-refractivity contribution is 0.859. The number of benzene rings is 1. The molecule has 3 nitrogen and oxygen atoms in total. The topological polar surface area (TPSA) is 41.6 Å². The lowest BCUT2D eigenvalue weighted by Crippen LogP contribution is -1.92. The number of fused-ring (bicyclic) bond motifs is 1. The van der Waals surface area contributed by atoms with Gasteiger partial charge >= 0.3 is 0 Å². The van der Waals surface area contributed by atoms with E-state index < -0.39 is 0 Å². The Morgan fingerprint density at radius 2 is 2.07 bits per heavy atom. The molecule has 0 N–H and O–H groups in total. The molecule has 1 aromatic heterocycles. The quantitative estimate of drug-likeness (QED) is 0.811. The molecule has 0 spiro atoms. The van der Waals surface area contributed by atoms with E-state index in [2.05, 4.69) is 42.9 Å². The lowest BCUT2D eigenvalue weighted by atomic mass is 10.3. The van der Waals surface area contributed by atoms with Crippen LogP contribution in [0.1, 0.15) is 0 Å². The summed E-state index contributed by atoms with van der Waals surface area (Å²) in [5.74, 6) is 0. The standard InChI is InChI=1S/C9H5Br2N3/c10-6-3-8-9(4-7(6)11)14(2-1-12)5-13-8/h3-5H,2H2. The molecule has 0 saturated heterocycles. The highest BCUT2D eigenvalue weighted by Crippen LogP contribution is 2.27. The van der Waals surface area contributed by atoms with Crippen LogP contribution in [0.25, 0.3) is 11.0 Å². The van der Waals surface area contributed by atoms with Gasteiger partial charge in [-0.25, -0.2) is 4.98 Å². The zero-order valence-electron chi connectivity index (χ0n) is 7.04. The number of aromatic nitrogens is 2. The molecule has 0 atom stereocenters. The zero-order valence-corrected chi connectivity index (χ0v) is 10.2. The van der Waals surface area contributed by atoms with Gasteiger partial charge in [-0.2, -0.15) is 5.26 Å². The molecule has 0 amide bonds. The molecular formula is C9H5Br2N3. The summed E-state index contributed by atoms with van der Waals surface area (Å²) in [5, 5.41) is 8.60. The van der Waals surface area contributed by atoms with Gasteiger partial charge in [0.05, 0.1) is 23.4 Å². The maximum atomic E-state index is 8.60. The van der Waals surface area contributed by atoms with Gasteiger partial charge in [0.25, 0.3) is 0 Å². The highest BCUT2D eigenvalue weighted by atomic mass is 79.9. The van der Waals surface area contributed by atoms with Crippen molar-refractivity contribution >= 4 is 42.9 Å². The predicted molar refractivity (Wildman–Crippen MR) is 60.7 cm³/mol. The van der Waals surface area contributed by atoms with Gasteiger partial charge < -0.3 is 4.57 Å². The Bertz CT molecular complexity index is 525. The smallest absolute Gasteiger partial charge is 0.111 e. The van der Waals surface area contributed by atoms with Gasteiger partial charge in [0.15, 0.2) is 0 Å². The van der Waals surface area contributed by atoms with E-state index in [9.17, 15) is 0 Å². The number of halogens is 2. The first-order chi connectivity index (χ1) is 6.72. The van der Waals surface area contributed by atoms with E-state index in [1.165, 1.54) is 0 Å². The fourth-order valence-electron chi connectivity index (χ4n) is 1.26. The fraction of sp³-hybridized carbons (Fsp3) is 0.111. The number of nitriles is 1. The summed E-state index contributed by atoms with van der Waals surface area (Å²) in [5.41, 5.74) is 1.84. The summed E-state index contributed by atoms with van der Waals surface area (Å²) in [6.45, 7) is 0.324. The van der Waals surface area contributed by atoms with Crippen LogP contribution in [0.2, 0.25) is 0 Å². The van der Waals surface area contributed by atoms with Crippen molar-refractivity contribution in [1.82, 2.24) is 9.55 Å². The molecule has 14 heavy (non-hydrogen) atoms. The molecule has 70 valence electrons. The van der Waals surface area contributed by atoms with Crippen LogP contribution in [0.4, 0.5) is 0 Å². The van der Waals surface area contributed by atoms with E-state index in [1.54, 1.807) is 6.33 Å². The third kappa shape index (κ3) is 1.56. The summed E-state index contributed by atoms with van der Waals surface area (Å²) in [6, 6.07) is 5.96. The predicted octanol–water partition coefficient (Wildman–Crippen LogP) is 3.08. The van der Waals surface area contributed by atoms with Crippen molar-refractivity contribution in [3.05, 3.63) is 27.4 Å². The second-order valence-electron chi connectivity index (χ2n) is 2.79. The van der Waals surface area contributed by atoms with Gasteiger partial charge in [-0.3, -0.25) is 0 Å². The van der Waals surface area contributed by atoms with Gasteiger partial charge in [-0.15, -0.1) is 0 Å². The van der Waals surface area contributed by atoms with Crippen LogP contribution in [0.3, 0.4) is 0 Å². The first-order valence-electron chi connectivity index (χ1n) is 3.89. The minimum Gasteiger partial charge on any atom is -0.317 e. The van der Waals surface area contributed by atoms with Crippen LogP contribution in [0, 0.1) is 11.3 Å². The van der Waals surface area contributed by atoms with Crippen LogP contribution in [-0.2, 0) is 6.54 Å². The molecule has 0 bridgehead atoms. The minimum absolute atomic E-state index is 0.324. The molecule has 0 aliphatic heterocycles. The Labute approximate surface area is 97.6 Å². The molecule has 2 aromatic rings. The maximum absolute atomic E-state index is 8.60. The first-order valence-corrected chi connectivity index (χ1v) is 5.48. The normalized spacial score (nSPS) is 10.4. The molecule has 0 aliphatic rings. The zero-order chi connectivity index (χ0) is 10.1. The molecule has 0 radical (unpaired) electrons. The van der Waals surface area contributed by atoms with E-state index in [0.717, 1.165) is 20.0 Å². The average molecular weight is 315 g/mol. The summed E-state index contributed by atoms with van der Waals surface area (Å²) in [4.78, 5) is 4.20. The van der Waals surface area contributed by atoms with Crippen molar-refractivity contribution in [2.75, 3.05) is 0 Å². The molecule has 2 rings (SSSR count). The van der Waals surface area contributed by atoms with E-state index in [-0.39, 0.29) is 0 Å². The average Bonchev–Trinajstić information content (AvgIpc) is 2.51. The molecule has 5 heteroatoms. The van der Waals surface area contributed by atoms with Crippen LogP contribution in [0.15, 0.2) is 27.4 Å². The van der Waals surface area contributed by atoms with Gasteiger partial charge in [0, 0.05) is 8.95 Å². The monoisotopic (exact) mass is 313 g/mol. The van der Waals surface area contributed by atoms with Crippen molar-refractivity contribution in [2.24, 2.45) is 0 Å². The van der Waals surface area contributed by atoms with Crippen molar-refractivity contribution < 1.29 is 0 Å². The maximum Gasteiger partial charge on any atom is 0.111 e. The number of hydrogen-bond donors (Lipinski definition) is 0. The van der Waals surface area contributed by atoms with Gasteiger partial charge in [0.1, 0.15) is 6.54 Å². The number of nitrogens with zero attached hydrogens (tertiary/aromatic N) is 3. The summed E-state index contributed by atoms with van der Waals surface area (Å²) < 4.78 is 3.74.